The molecule has 110 valence electrons. The summed E-state index contributed by atoms with van der Waals surface area (Å²) in [7, 11) is -3.68. The third kappa shape index (κ3) is 2.51. The molecule has 0 spiro atoms. The number of sulfonamides is 1. The fourth-order valence-electron chi connectivity index (χ4n) is 2.62. The number of aryl methyl sites for hydroxylation is 2. The topological polar surface area (TPSA) is 50.3 Å². The van der Waals surface area contributed by atoms with Crippen molar-refractivity contribution in [2.45, 2.75) is 24.7 Å². The molecule has 1 aromatic carbocycles. The van der Waals surface area contributed by atoms with E-state index in [2.05, 4.69) is 4.98 Å². The number of fused-ring (bicyclic) bond motifs is 1. The van der Waals surface area contributed by atoms with E-state index < -0.39 is 10.0 Å². The molecule has 0 saturated carbocycles. The van der Waals surface area contributed by atoms with Gasteiger partial charge in [0.2, 0.25) is 0 Å². The van der Waals surface area contributed by atoms with Crippen molar-refractivity contribution >= 4 is 27.3 Å². The van der Waals surface area contributed by atoms with Crippen molar-refractivity contribution in [1.29, 1.82) is 0 Å². The quantitative estimate of drug-likeness (QED) is 0.798. The summed E-state index contributed by atoms with van der Waals surface area (Å²) in [4.78, 5) is 3.93. The lowest BCUT2D eigenvalue weighted by Gasteiger charge is -2.30. The predicted molar refractivity (Wildman–Crippen MR) is 83.3 cm³/mol. The summed E-state index contributed by atoms with van der Waals surface area (Å²) in [6, 6.07) is 8.91. The first-order valence-electron chi connectivity index (χ1n) is 6.73. The summed E-state index contributed by atoms with van der Waals surface area (Å²) in [5.41, 5.74) is 2.93. The van der Waals surface area contributed by atoms with Gasteiger partial charge >= 0.3 is 0 Å². The molecule has 4 nitrogen and oxygen atoms in total. The van der Waals surface area contributed by atoms with Crippen LogP contribution in [-0.2, 0) is 16.4 Å². The van der Waals surface area contributed by atoms with Gasteiger partial charge in [0.05, 0.1) is 5.69 Å². The van der Waals surface area contributed by atoms with Crippen LogP contribution in [0.25, 0.3) is 0 Å². The Hall–Kier alpha value is -1.59. The van der Waals surface area contributed by atoms with Crippen molar-refractivity contribution in [2.24, 2.45) is 0 Å². The second kappa shape index (κ2) is 5.31. The maximum Gasteiger partial charge on any atom is 0.267 e. The number of pyridine rings is 1. The lowest BCUT2D eigenvalue weighted by molar-refractivity contribution is 0.586. The number of nitrogens with zero attached hydrogens (tertiary/aromatic N) is 2. The number of benzene rings is 1. The summed E-state index contributed by atoms with van der Waals surface area (Å²) in [5.74, 6) is 0. The van der Waals surface area contributed by atoms with E-state index in [0.717, 1.165) is 29.7 Å². The summed E-state index contributed by atoms with van der Waals surface area (Å²) in [6.07, 6.45) is 3.17. The van der Waals surface area contributed by atoms with E-state index in [1.165, 1.54) is 16.6 Å². The van der Waals surface area contributed by atoms with Crippen molar-refractivity contribution in [1.82, 2.24) is 4.98 Å². The van der Waals surface area contributed by atoms with Crippen LogP contribution in [0.2, 0.25) is 5.15 Å². The summed E-state index contributed by atoms with van der Waals surface area (Å²) < 4.78 is 27.2. The molecule has 0 amide bonds. The zero-order chi connectivity index (χ0) is 15.0. The normalized spacial score (nSPS) is 14.9. The maximum absolute atomic E-state index is 12.9. The van der Waals surface area contributed by atoms with Gasteiger partial charge in [-0.1, -0.05) is 29.3 Å². The molecule has 2 aromatic rings. The molecule has 2 heterocycles. The standard InChI is InChI=1S/C15H15ClN2O2S/c1-11-6-7-13-12(10-11)4-3-9-18(13)21(19,20)14-5-2-8-17-15(14)16/h2,5-8,10H,3-4,9H2,1H3. The molecule has 0 unspecified atom stereocenters. The molecule has 0 atom stereocenters. The zero-order valence-corrected chi connectivity index (χ0v) is 13.2. The van der Waals surface area contributed by atoms with Crippen LogP contribution in [0.1, 0.15) is 17.5 Å². The third-order valence-corrected chi connectivity index (χ3v) is 5.86. The Morgan fingerprint density at radius 1 is 1.29 bits per heavy atom. The number of aromatic nitrogens is 1. The Bertz CT molecular complexity index is 790. The second-order valence-corrected chi connectivity index (χ2v) is 7.29. The fourth-order valence-corrected chi connectivity index (χ4v) is 4.60. The SMILES string of the molecule is Cc1ccc2c(c1)CCCN2S(=O)(=O)c1cccnc1Cl. The van der Waals surface area contributed by atoms with Gasteiger partial charge in [-0.2, -0.15) is 0 Å². The maximum atomic E-state index is 12.9. The highest BCUT2D eigenvalue weighted by Gasteiger charge is 2.30. The number of halogens is 1. The lowest BCUT2D eigenvalue weighted by atomic mass is 10.0. The minimum Gasteiger partial charge on any atom is -0.266 e. The molecule has 3 rings (SSSR count). The molecular formula is C15H15ClN2O2S. The first kappa shape index (κ1) is 14.4. The molecule has 0 fully saturated rings. The van der Waals surface area contributed by atoms with Crippen LogP contribution < -0.4 is 4.31 Å². The van der Waals surface area contributed by atoms with E-state index in [1.54, 1.807) is 6.07 Å². The van der Waals surface area contributed by atoms with Gasteiger partial charge in [0.15, 0.2) is 0 Å². The van der Waals surface area contributed by atoms with Gasteiger partial charge in [-0.15, -0.1) is 0 Å². The molecule has 6 heteroatoms. The highest BCUT2D eigenvalue weighted by atomic mass is 35.5. The van der Waals surface area contributed by atoms with E-state index in [-0.39, 0.29) is 10.0 Å². The van der Waals surface area contributed by atoms with Gasteiger partial charge in [0.25, 0.3) is 10.0 Å². The van der Waals surface area contributed by atoms with Crippen molar-refractivity contribution < 1.29 is 8.42 Å². The Balaban J connectivity index is 2.12. The molecular weight excluding hydrogens is 308 g/mol. The minimum atomic E-state index is -3.68. The van der Waals surface area contributed by atoms with E-state index in [0.29, 0.717) is 6.54 Å². The molecule has 21 heavy (non-hydrogen) atoms. The van der Waals surface area contributed by atoms with Crippen LogP contribution in [-0.4, -0.2) is 19.9 Å². The van der Waals surface area contributed by atoms with Crippen molar-refractivity contribution in [3.8, 4) is 0 Å². The first-order chi connectivity index (χ1) is 10.00. The van der Waals surface area contributed by atoms with E-state index in [9.17, 15) is 8.42 Å². The van der Waals surface area contributed by atoms with Crippen LogP contribution in [0.5, 0.6) is 0 Å². The molecule has 1 aliphatic heterocycles. The number of rotatable bonds is 2. The second-order valence-electron chi connectivity index (χ2n) is 5.11. The number of hydrogen-bond donors (Lipinski definition) is 0. The van der Waals surface area contributed by atoms with Gasteiger partial charge in [-0.05, 0) is 43.5 Å². The van der Waals surface area contributed by atoms with Crippen LogP contribution in [0, 0.1) is 6.92 Å². The molecule has 0 N–H and O–H groups in total. The Morgan fingerprint density at radius 2 is 2.10 bits per heavy atom. The van der Waals surface area contributed by atoms with Crippen molar-refractivity contribution in [3.05, 3.63) is 52.8 Å². The number of anilines is 1. The lowest BCUT2D eigenvalue weighted by Crippen LogP contribution is -2.35. The molecule has 1 aliphatic rings. The predicted octanol–water partition coefficient (Wildman–Crippen LogP) is 3.18. The van der Waals surface area contributed by atoms with E-state index in [4.69, 9.17) is 11.6 Å². The summed E-state index contributed by atoms with van der Waals surface area (Å²) in [5, 5.41) is 0.0109. The van der Waals surface area contributed by atoms with Crippen molar-refractivity contribution in [3.63, 3.8) is 0 Å². The molecule has 0 aliphatic carbocycles. The van der Waals surface area contributed by atoms with Gasteiger partial charge in [0.1, 0.15) is 10.0 Å². The van der Waals surface area contributed by atoms with E-state index in [1.807, 2.05) is 25.1 Å². The molecule has 0 radical (unpaired) electrons. The summed E-state index contributed by atoms with van der Waals surface area (Å²) in [6.45, 7) is 2.47. The van der Waals surface area contributed by atoms with Crippen molar-refractivity contribution in [2.75, 3.05) is 10.8 Å². The first-order valence-corrected chi connectivity index (χ1v) is 8.55. The van der Waals surface area contributed by atoms with Crippen LogP contribution in [0.15, 0.2) is 41.4 Å². The van der Waals surface area contributed by atoms with Crippen LogP contribution in [0.3, 0.4) is 0 Å². The molecule has 0 saturated heterocycles. The Labute approximate surface area is 129 Å². The zero-order valence-electron chi connectivity index (χ0n) is 11.6. The third-order valence-electron chi connectivity index (χ3n) is 3.60. The highest BCUT2D eigenvalue weighted by molar-refractivity contribution is 7.93. The fraction of sp³-hybridized carbons (Fsp3) is 0.267. The van der Waals surface area contributed by atoms with E-state index >= 15 is 0 Å². The highest BCUT2D eigenvalue weighted by Crippen LogP contribution is 2.33. The minimum absolute atomic E-state index is 0.0109. The van der Waals surface area contributed by atoms with Gasteiger partial charge in [-0.3, -0.25) is 4.31 Å². The smallest absolute Gasteiger partial charge is 0.266 e. The Kier molecular flexibility index (Phi) is 3.63. The molecule has 1 aromatic heterocycles. The van der Waals surface area contributed by atoms with Gasteiger partial charge < -0.3 is 0 Å². The van der Waals surface area contributed by atoms with Gasteiger partial charge in [0, 0.05) is 12.7 Å². The molecule has 0 bridgehead atoms. The largest absolute Gasteiger partial charge is 0.267 e. The average Bonchev–Trinajstić information content (AvgIpc) is 2.46. The van der Waals surface area contributed by atoms with Gasteiger partial charge in [-0.25, -0.2) is 13.4 Å². The Morgan fingerprint density at radius 3 is 2.86 bits per heavy atom. The van der Waals surface area contributed by atoms with Crippen LogP contribution in [0.4, 0.5) is 5.69 Å². The average molecular weight is 323 g/mol. The number of hydrogen-bond acceptors (Lipinski definition) is 3. The summed E-state index contributed by atoms with van der Waals surface area (Å²) >= 11 is 5.96. The van der Waals surface area contributed by atoms with Crippen LogP contribution >= 0.6 is 11.6 Å². The monoisotopic (exact) mass is 322 g/mol.